The van der Waals surface area contributed by atoms with Gasteiger partial charge in [-0.15, -0.1) is 0 Å². The van der Waals surface area contributed by atoms with E-state index in [1.807, 2.05) is 12.1 Å². The number of carbonyl (C=O) groups is 1. The molecule has 2 aromatic carbocycles. The van der Waals surface area contributed by atoms with E-state index in [-0.39, 0.29) is 12.3 Å². The Morgan fingerprint density at radius 1 is 1.16 bits per heavy atom. The van der Waals surface area contributed by atoms with Gasteiger partial charge in [0.25, 0.3) is 0 Å². The molecule has 0 unspecified atom stereocenters. The zero-order valence-electron chi connectivity index (χ0n) is 10.1. The van der Waals surface area contributed by atoms with Gasteiger partial charge in [-0.2, -0.15) is 5.26 Å². The molecule has 0 saturated carbocycles. The number of carbonyl (C=O) groups excluding carboxylic acids is 1. The topological polar surface area (TPSA) is 52.9 Å². The van der Waals surface area contributed by atoms with Crippen molar-refractivity contribution in [3.8, 4) is 6.07 Å². The van der Waals surface area contributed by atoms with Crippen LogP contribution in [0.2, 0.25) is 5.02 Å². The van der Waals surface area contributed by atoms with Crippen molar-refractivity contribution in [3.05, 3.63) is 64.7 Å². The fourth-order valence-electron chi connectivity index (χ4n) is 1.64. The van der Waals surface area contributed by atoms with Gasteiger partial charge in [0.05, 0.1) is 28.8 Å². The van der Waals surface area contributed by atoms with Crippen LogP contribution < -0.4 is 5.32 Å². The summed E-state index contributed by atoms with van der Waals surface area (Å²) in [7, 11) is 0. The molecule has 1 amide bonds. The SMILES string of the molecule is N#Cc1ccc(CC(=O)Nc2ccccc2Cl)cc1. The van der Waals surface area contributed by atoms with Gasteiger partial charge in [0, 0.05) is 0 Å². The number of para-hydroxylation sites is 1. The van der Waals surface area contributed by atoms with Crippen LogP contribution in [0.4, 0.5) is 5.69 Å². The third kappa shape index (κ3) is 3.57. The maximum absolute atomic E-state index is 11.9. The first kappa shape index (κ1) is 13.1. The van der Waals surface area contributed by atoms with Gasteiger partial charge in [0.15, 0.2) is 0 Å². The van der Waals surface area contributed by atoms with Crippen LogP contribution in [0, 0.1) is 11.3 Å². The number of nitrogens with one attached hydrogen (secondary N) is 1. The minimum absolute atomic E-state index is 0.141. The molecule has 2 rings (SSSR count). The Hall–Kier alpha value is -2.31. The van der Waals surface area contributed by atoms with Gasteiger partial charge in [-0.3, -0.25) is 4.79 Å². The Kier molecular flexibility index (Phi) is 4.17. The fourth-order valence-corrected chi connectivity index (χ4v) is 1.82. The highest BCUT2D eigenvalue weighted by molar-refractivity contribution is 6.33. The summed E-state index contributed by atoms with van der Waals surface area (Å²) in [5.74, 6) is -0.141. The van der Waals surface area contributed by atoms with Gasteiger partial charge >= 0.3 is 0 Å². The number of hydrogen-bond acceptors (Lipinski definition) is 2. The molecule has 0 aliphatic carbocycles. The first-order valence-electron chi connectivity index (χ1n) is 5.72. The Labute approximate surface area is 116 Å². The Morgan fingerprint density at radius 3 is 2.47 bits per heavy atom. The van der Waals surface area contributed by atoms with Gasteiger partial charge in [0.2, 0.25) is 5.91 Å². The molecule has 0 fully saturated rings. The summed E-state index contributed by atoms with van der Waals surface area (Å²) in [6, 6.07) is 16.0. The Balaban J connectivity index is 2.01. The van der Waals surface area contributed by atoms with Crippen LogP contribution in [-0.2, 0) is 11.2 Å². The zero-order chi connectivity index (χ0) is 13.7. The summed E-state index contributed by atoms with van der Waals surface area (Å²) in [5.41, 5.74) is 2.03. The molecule has 19 heavy (non-hydrogen) atoms. The molecule has 0 heterocycles. The van der Waals surface area contributed by atoms with E-state index >= 15 is 0 Å². The van der Waals surface area contributed by atoms with E-state index in [2.05, 4.69) is 5.32 Å². The number of hydrogen-bond donors (Lipinski definition) is 1. The minimum atomic E-state index is -0.141. The van der Waals surface area contributed by atoms with E-state index in [0.29, 0.717) is 16.3 Å². The molecular weight excluding hydrogens is 260 g/mol. The Bertz CT molecular complexity index is 629. The lowest BCUT2D eigenvalue weighted by Gasteiger charge is -2.06. The number of nitriles is 1. The first-order valence-corrected chi connectivity index (χ1v) is 6.10. The van der Waals surface area contributed by atoms with Crippen molar-refractivity contribution in [3.63, 3.8) is 0 Å². The second-order valence-corrected chi connectivity index (χ2v) is 4.42. The lowest BCUT2D eigenvalue weighted by atomic mass is 10.1. The molecule has 2 aromatic rings. The number of nitrogens with zero attached hydrogens (tertiary/aromatic N) is 1. The summed E-state index contributed by atoms with van der Waals surface area (Å²) in [4.78, 5) is 11.9. The highest BCUT2D eigenvalue weighted by Gasteiger charge is 2.06. The van der Waals surface area contributed by atoms with Crippen molar-refractivity contribution in [2.45, 2.75) is 6.42 Å². The van der Waals surface area contributed by atoms with Crippen molar-refractivity contribution in [1.29, 1.82) is 5.26 Å². The second-order valence-electron chi connectivity index (χ2n) is 4.01. The van der Waals surface area contributed by atoms with Crippen LogP contribution >= 0.6 is 11.6 Å². The molecule has 0 bridgehead atoms. The van der Waals surface area contributed by atoms with E-state index in [0.717, 1.165) is 5.56 Å². The lowest BCUT2D eigenvalue weighted by molar-refractivity contribution is -0.115. The van der Waals surface area contributed by atoms with Gasteiger partial charge < -0.3 is 5.32 Å². The molecule has 0 aliphatic heterocycles. The smallest absolute Gasteiger partial charge is 0.228 e. The third-order valence-corrected chi connectivity index (χ3v) is 2.93. The summed E-state index contributed by atoms with van der Waals surface area (Å²) in [6.45, 7) is 0. The average Bonchev–Trinajstić information content (AvgIpc) is 2.42. The van der Waals surface area contributed by atoms with E-state index < -0.39 is 0 Å². The minimum Gasteiger partial charge on any atom is -0.324 e. The average molecular weight is 271 g/mol. The van der Waals surface area contributed by atoms with E-state index in [9.17, 15) is 4.79 Å². The van der Waals surface area contributed by atoms with Gasteiger partial charge in [0.1, 0.15) is 0 Å². The number of anilines is 1. The van der Waals surface area contributed by atoms with Gasteiger partial charge in [-0.05, 0) is 29.8 Å². The molecule has 4 heteroatoms. The number of benzene rings is 2. The molecular formula is C15H11ClN2O. The number of rotatable bonds is 3. The van der Waals surface area contributed by atoms with Crippen LogP contribution in [0.1, 0.15) is 11.1 Å². The van der Waals surface area contributed by atoms with Crippen molar-refractivity contribution < 1.29 is 4.79 Å². The predicted octanol–water partition coefficient (Wildman–Crippen LogP) is 3.39. The normalized spacial score (nSPS) is 9.68. The van der Waals surface area contributed by atoms with Crippen LogP contribution in [0.3, 0.4) is 0 Å². The molecule has 0 spiro atoms. The summed E-state index contributed by atoms with van der Waals surface area (Å²) < 4.78 is 0. The molecule has 1 N–H and O–H groups in total. The molecule has 3 nitrogen and oxygen atoms in total. The lowest BCUT2D eigenvalue weighted by Crippen LogP contribution is -2.14. The van der Waals surface area contributed by atoms with E-state index in [1.54, 1.807) is 42.5 Å². The highest BCUT2D eigenvalue weighted by Crippen LogP contribution is 2.20. The molecule has 0 atom stereocenters. The summed E-state index contributed by atoms with van der Waals surface area (Å²) in [6.07, 6.45) is 0.247. The largest absolute Gasteiger partial charge is 0.324 e. The number of halogens is 1. The van der Waals surface area contributed by atoms with Crippen molar-refractivity contribution in [2.75, 3.05) is 5.32 Å². The van der Waals surface area contributed by atoms with E-state index in [4.69, 9.17) is 16.9 Å². The van der Waals surface area contributed by atoms with Crippen LogP contribution in [0.5, 0.6) is 0 Å². The predicted molar refractivity (Wildman–Crippen MR) is 74.9 cm³/mol. The second kappa shape index (κ2) is 6.03. The van der Waals surface area contributed by atoms with Crippen molar-refractivity contribution in [2.24, 2.45) is 0 Å². The maximum Gasteiger partial charge on any atom is 0.228 e. The molecule has 0 aliphatic rings. The summed E-state index contributed by atoms with van der Waals surface area (Å²) >= 11 is 5.96. The third-order valence-electron chi connectivity index (χ3n) is 2.60. The quantitative estimate of drug-likeness (QED) is 0.929. The van der Waals surface area contributed by atoms with Gasteiger partial charge in [-0.1, -0.05) is 35.9 Å². The number of amides is 1. The van der Waals surface area contributed by atoms with Crippen LogP contribution in [0.25, 0.3) is 0 Å². The van der Waals surface area contributed by atoms with Crippen molar-refractivity contribution in [1.82, 2.24) is 0 Å². The van der Waals surface area contributed by atoms with Crippen LogP contribution in [-0.4, -0.2) is 5.91 Å². The fraction of sp³-hybridized carbons (Fsp3) is 0.0667. The monoisotopic (exact) mass is 270 g/mol. The molecule has 0 radical (unpaired) electrons. The highest BCUT2D eigenvalue weighted by atomic mass is 35.5. The summed E-state index contributed by atoms with van der Waals surface area (Å²) in [5, 5.41) is 12.0. The van der Waals surface area contributed by atoms with Gasteiger partial charge in [-0.25, -0.2) is 0 Å². The zero-order valence-corrected chi connectivity index (χ0v) is 10.8. The standard InChI is InChI=1S/C15H11ClN2O/c16-13-3-1-2-4-14(13)18-15(19)9-11-5-7-12(10-17)8-6-11/h1-8H,9H2,(H,18,19). The molecule has 0 aromatic heterocycles. The first-order chi connectivity index (χ1) is 9.19. The van der Waals surface area contributed by atoms with Crippen LogP contribution in [0.15, 0.2) is 48.5 Å². The van der Waals surface area contributed by atoms with E-state index in [1.165, 1.54) is 0 Å². The Morgan fingerprint density at radius 2 is 1.84 bits per heavy atom. The maximum atomic E-state index is 11.9. The molecule has 0 saturated heterocycles. The molecule has 94 valence electrons. The van der Waals surface area contributed by atoms with Crippen molar-refractivity contribution >= 4 is 23.2 Å².